The summed E-state index contributed by atoms with van der Waals surface area (Å²) < 4.78 is 5.55. The van der Waals surface area contributed by atoms with Crippen LogP contribution in [0.25, 0.3) is 0 Å². The SMILES string of the molecule is CN(C)[C@@H]1CCCN(C(=O)NCCOc2ccc(C#N)cc2)C1. The second-order valence-corrected chi connectivity index (χ2v) is 5.92. The lowest BCUT2D eigenvalue weighted by atomic mass is 10.1. The molecule has 1 aliphatic rings. The third-order valence-electron chi connectivity index (χ3n) is 4.04. The molecule has 1 heterocycles. The van der Waals surface area contributed by atoms with Crippen LogP contribution in [0.3, 0.4) is 0 Å². The molecule has 0 radical (unpaired) electrons. The van der Waals surface area contributed by atoms with E-state index in [1.807, 2.05) is 4.90 Å². The fourth-order valence-electron chi connectivity index (χ4n) is 2.63. The summed E-state index contributed by atoms with van der Waals surface area (Å²) >= 11 is 0. The zero-order valence-electron chi connectivity index (χ0n) is 13.8. The highest BCUT2D eigenvalue weighted by Gasteiger charge is 2.24. The van der Waals surface area contributed by atoms with Gasteiger partial charge in [-0.25, -0.2) is 4.79 Å². The van der Waals surface area contributed by atoms with E-state index < -0.39 is 0 Å². The number of likely N-dealkylation sites (tertiary alicyclic amines) is 1. The predicted molar refractivity (Wildman–Crippen MR) is 88.3 cm³/mol. The number of rotatable bonds is 5. The van der Waals surface area contributed by atoms with Gasteiger partial charge >= 0.3 is 6.03 Å². The molecule has 1 fully saturated rings. The van der Waals surface area contributed by atoms with Crippen LogP contribution in [0.15, 0.2) is 24.3 Å². The molecule has 1 atom stereocenters. The van der Waals surface area contributed by atoms with E-state index in [2.05, 4.69) is 30.4 Å². The van der Waals surface area contributed by atoms with Gasteiger partial charge in [-0.05, 0) is 51.2 Å². The van der Waals surface area contributed by atoms with Crippen LogP contribution in [0.2, 0.25) is 0 Å². The number of carbonyl (C=O) groups excluding carboxylic acids is 1. The van der Waals surface area contributed by atoms with E-state index in [4.69, 9.17) is 10.00 Å². The second kappa shape index (κ2) is 8.39. The number of hydrogen-bond donors (Lipinski definition) is 1. The highest BCUT2D eigenvalue weighted by molar-refractivity contribution is 5.74. The summed E-state index contributed by atoms with van der Waals surface area (Å²) in [5.74, 6) is 0.698. The molecule has 0 saturated carbocycles. The molecule has 1 saturated heterocycles. The van der Waals surface area contributed by atoms with Crippen LogP contribution in [0.1, 0.15) is 18.4 Å². The Labute approximate surface area is 137 Å². The summed E-state index contributed by atoms with van der Waals surface area (Å²) in [6, 6.07) is 9.41. The number of nitrogens with one attached hydrogen (secondary N) is 1. The van der Waals surface area contributed by atoms with Gasteiger partial charge in [-0.2, -0.15) is 5.26 Å². The molecule has 0 spiro atoms. The Morgan fingerprint density at radius 2 is 2.17 bits per heavy atom. The number of nitriles is 1. The Balaban J connectivity index is 1.69. The van der Waals surface area contributed by atoms with Crippen molar-refractivity contribution in [3.05, 3.63) is 29.8 Å². The first-order valence-corrected chi connectivity index (χ1v) is 7.92. The van der Waals surface area contributed by atoms with Gasteiger partial charge in [0.05, 0.1) is 18.2 Å². The van der Waals surface area contributed by atoms with Crippen molar-refractivity contribution in [3.63, 3.8) is 0 Å². The van der Waals surface area contributed by atoms with E-state index in [0.717, 1.165) is 25.9 Å². The minimum absolute atomic E-state index is 0.0278. The number of ether oxygens (including phenoxy) is 1. The topological polar surface area (TPSA) is 68.6 Å². The molecule has 0 aromatic heterocycles. The quantitative estimate of drug-likeness (QED) is 0.839. The van der Waals surface area contributed by atoms with Crippen LogP contribution in [0.4, 0.5) is 4.79 Å². The zero-order valence-corrected chi connectivity index (χ0v) is 13.8. The summed E-state index contributed by atoms with van der Waals surface area (Å²) in [5.41, 5.74) is 0.603. The third-order valence-corrected chi connectivity index (χ3v) is 4.04. The number of carbonyl (C=O) groups is 1. The van der Waals surface area contributed by atoms with Crippen LogP contribution in [0, 0.1) is 11.3 Å². The number of urea groups is 1. The maximum atomic E-state index is 12.2. The molecule has 0 bridgehead atoms. The first-order valence-electron chi connectivity index (χ1n) is 7.92. The Kier molecular flexibility index (Phi) is 6.24. The van der Waals surface area contributed by atoms with Crippen molar-refractivity contribution in [3.8, 4) is 11.8 Å². The third kappa shape index (κ3) is 5.15. The smallest absolute Gasteiger partial charge is 0.317 e. The molecule has 6 heteroatoms. The standard InChI is InChI=1S/C17H24N4O2/c1-20(2)15-4-3-10-21(13-15)17(22)19-9-11-23-16-7-5-14(12-18)6-8-16/h5-8,15H,3-4,9-11,13H2,1-2H3,(H,19,22)/t15-/m1/s1. The molecule has 0 unspecified atom stereocenters. The number of amides is 2. The Hall–Kier alpha value is -2.26. The minimum Gasteiger partial charge on any atom is -0.492 e. The Morgan fingerprint density at radius 3 is 2.83 bits per heavy atom. The second-order valence-electron chi connectivity index (χ2n) is 5.92. The van der Waals surface area contributed by atoms with Crippen molar-refractivity contribution >= 4 is 6.03 Å². The van der Waals surface area contributed by atoms with Gasteiger partial charge in [-0.3, -0.25) is 0 Å². The van der Waals surface area contributed by atoms with E-state index >= 15 is 0 Å². The van der Waals surface area contributed by atoms with Gasteiger partial charge in [-0.1, -0.05) is 0 Å². The number of hydrogen-bond acceptors (Lipinski definition) is 4. The van der Waals surface area contributed by atoms with Gasteiger partial charge in [0.2, 0.25) is 0 Å². The van der Waals surface area contributed by atoms with Gasteiger partial charge in [0.25, 0.3) is 0 Å². The number of nitrogens with zero attached hydrogens (tertiary/aromatic N) is 3. The Morgan fingerprint density at radius 1 is 1.43 bits per heavy atom. The summed E-state index contributed by atoms with van der Waals surface area (Å²) in [6.07, 6.45) is 2.18. The molecule has 0 aliphatic carbocycles. The molecule has 23 heavy (non-hydrogen) atoms. The normalized spacial score (nSPS) is 17.7. The fourth-order valence-corrected chi connectivity index (χ4v) is 2.63. The molecule has 1 aliphatic heterocycles. The lowest BCUT2D eigenvalue weighted by molar-refractivity contribution is 0.139. The monoisotopic (exact) mass is 316 g/mol. The molecular formula is C17H24N4O2. The van der Waals surface area contributed by atoms with Crippen molar-refractivity contribution < 1.29 is 9.53 Å². The van der Waals surface area contributed by atoms with Crippen molar-refractivity contribution in [1.29, 1.82) is 5.26 Å². The predicted octanol–water partition coefficient (Wildman–Crippen LogP) is 1.67. The lowest BCUT2D eigenvalue weighted by Gasteiger charge is -2.36. The van der Waals surface area contributed by atoms with Crippen LogP contribution < -0.4 is 10.1 Å². The first kappa shape index (κ1) is 17.1. The zero-order chi connectivity index (χ0) is 16.7. The average molecular weight is 316 g/mol. The van der Waals surface area contributed by atoms with Crippen molar-refractivity contribution in [2.24, 2.45) is 0 Å². The lowest BCUT2D eigenvalue weighted by Crippen LogP contribution is -2.51. The molecule has 1 aromatic carbocycles. The summed E-state index contributed by atoms with van der Waals surface area (Å²) in [6.45, 7) is 2.45. The van der Waals surface area contributed by atoms with Gasteiger partial charge in [0, 0.05) is 19.1 Å². The van der Waals surface area contributed by atoms with E-state index in [1.165, 1.54) is 0 Å². The molecule has 1 N–H and O–H groups in total. The summed E-state index contributed by atoms with van der Waals surface area (Å²) in [5, 5.41) is 11.6. The van der Waals surface area contributed by atoms with Crippen LogP contribution in [-0.2, 0) is 0 Å². The van der Waals surface area contributed by atoms with E-state index in [0.29, 0.717) is 30.5 Å². The van der Waals surface area contributed by atoms with Crippen molar-refractivity contribution in [2.45, 2.75) is 18.9 Å². The molecule has 2 amide bonds. The average Bonchev–Trinajstić information content (AvgIpc) is 2.59. The van der Waals surface area contributed by atoms with Gasteiger partial charge in [-0.15, -0.1) is 0 Å². The largest absolute Gasteiger partial charge is 0.492 e. The van der Waals surface area contributed by atoms with Gasteiger partial charge in [0.1, 0.15) is 12.4 Å². The van der Waals surface area contributed by atoms with Gasteiger partial charge in [0.15, 0.2) is 0 Å². The van der Waals surface area contributed by atoms with Crippen LogP contribution in [0.5, 0.6) is 5.75 Å². The summed E-state index contributed by atoms with van der Waals surface area (Å²) in [7, 11) is 4.11. The fraction of sp³-hybridized carbons (Fsp3) is 0.529. The molecule has 6 nitrogen and oxygen atoms in total. The highest BCUT2D eigenvalue weighted by Crippen LogP contribution is 2.14. The number of likely N-dealkylation sites (N-methyl/N-ethyl adjacent to an activating group) is 1. The maximum Gasteiger partial charge on any atom is 0.317 e. The molecular weight excluding hydrogens is 292 g/mol. The van der Waals surface area contributed by atoms with Crippen molar-refractivity contribution in [1.82, 2.24) is 15.1 Å². The highest BCUT2D eigenvalue weighted by atomic mass is 16.5. The van der Waals surface area contributed by atoms with Gasteiger partial charge < -0.3 is 19.9 Å². The molecule has 2 rings (SSSR count). The van der Waals surface area contributed by atoms with Crippen LogP contribution >= 0.6 is 0 Å². The molecule has 124 valence electrons. The number of benzene rings is 1. The van der Waals surface area contributed by atoms with Crippen molar-refractivity contribution in [2.75, 3.05) is 40.3 Å². The Bertz CT molecular complexity index is 551. The number of piperidine rings is 1. The first-order chi connectivity index (χ1) is 11.1. The molecule has 1 aromatic rings. The van der Waals surface area contributed by atoms with Crippen LogP contribution in [-0.4, -0.2) is 62.2 Å². The summed E-state index contributed by atoms with van der Waals surface area (Å²) in [4.78, 5) is 16.2. The van der Waals surface area contributed by atoms with E-state index in [1.54, 1.807) is 24.3 Å². The maximum absolute atomic E-state index is 12.2. The minimum atomic E-state index is -0.0278. The van der Waals surface area contributed by atoms with E-state index in [-0.39, 0.29) is 6.03 Å². The van der Waals surface area contributed by atoms with E-state index in [9.17, 15) is 4.79 Å².